The molecule has 0 saturated heterocycles. The third-order valence-corrected chi connectivity index (χ3v) is 5.58. The van der Waals surface area contributed by atoms with Gasteiger partial charge in [0.1, 0.15) is 23.1 Å². The van der Waals surface area contributed by atoms with Crippen LogP contribution in [0.25, 0.3) is 0 Å². The quantitative estimate of drug-likeness (QED) is 0.361. The monoisotopic (exact) mass is 500 g/mol. The number of hydrogen-bond acceptors (Lipinski definition) is 6. The van der Waals surface area contributed by atoms with Gasteiger partial charge in [0.05, 0.1) is 19.9 Å². The average Bonchev–Trinajstić information content (AvgIpc) is 3.33. The minimum Gasteiger partial charge on any atom is -0.497 e. The molecular weight excluding hydrogens is 472 g/mol. The van der Waals surface area contributed by atoms with Gasteiger partial charge in [-0.25, -0.2) is 4.99 Å². The summed E-state index contributed by atoms with van der Waals surface area (Å²) in [4.78, 5) is 34.0. The van der Waals surface area contributed by atoms with Crippen LogP contribution in [0, 0.1) is 0 Å². The van der Waals surface area contributed by atoms with E-state index in [0.717, 1.165) is 22.6 Å². The largest absolute Gasteiger partial charge is 0.497 e. The molecule has 190 valence electrons. The summed E-state index contributed by atoms with van der Waals surface area (Å²) in [5.74, 6) is 1.67. The summed E-state index contributed by atoms with van der Waals surface area (Å²) in [6.45, 7) is -0.264. The van der Waals surface area contributed by atoms with Gasteiger partial charge in [-0.05, 0) is 60.0 Å². The van der Waals surface area contributed by atoms with E-state index in [1.807, 2.05) is 48.5 Å². The number of amidine groups is 1. The first-order chi connectivity index (χ1) is 18.0. The number of aryl methyl sites for hydroxylation is 1. The van der Waals surface area contributed by atoms with E-state index in [1.54, 1.807) is 38.5 Å². The number of nitrogens with zero attached hydrogens (tertiary/aromatic N) is 2. The second-order valence-electron chi connectivity index (χ2n) is 8.20. The molecule has 0 fully saturated rings. The van der Waals surface area contributed by atoms with Crippen LogP contribution in [0.15, 0.2) is 82.8 Å². The van der Waals surface area contributed by atoms with Crippen molar-refractivity contribution >= 4 is 29.3 Å². The molecule has 9 nitrogen and oxygen atoms in total. The number of nitrogens with one attached hydrogen (secondary N) is 2. The maximum Gasteiger partial charge on any atom is 0.264 e. The lowest BCUT2D eigenvalue weighted by atomic mass is 10.1. The second-order valence-corrected chi connectivity index (χ2v) is 8.20. The summed E-state index contributed by atoms with van der Waals surface area (Å²) in [7, 11) is 3.17. The molecule has 3 aromatic carbocycles. The van der Waals surface area contributed by atoms with Gasteiger partial charge in [-0.3, -0.25) is 14.9 Å². The number of ether oxygens (including phenoxy) is 3. The highest BCUT2D eigenvalue weighted by molar-refractivity contribution is 6.11. The zero-order valence-corrected chi connectivity index (χ0v) is 20.7. The Balaban J connectivity index is 1.39. The summed E-state index contributed by atoms with van der Waals surface area (Å²) < 4.78 is 15.8. The van der Waals surface area contributed by atoms with E-state index in [9.17, 15) is 9.59 Å². The molecule has 0 atom stereocenters. The Kier molecular flexibility index (Phi) is 8.49. The minimum absolute atomic E-state index is 0.00891. The average molecular weight is 501 g/mol. The van der Waals surface area contributed by atoms with Crippen molar-refractivity contribution in [2.75, 3.05) is 20.8 Å². The summed E-state index contributed by atoms with van der Waals surface area (Å²) in [6.07, 6.45) is 1.20. The van der Waals surface area contributed by atoms with Gasteiger partial charge in [-0.2, -0.15) is 4.99 Å². The summed E-state index contributed by atoms with van der Waals surface area (Å²) in [5.41, 5.74) is 2.86. The van der Waals surface area contributed by atoms with Crippen LogP contribution in [-0.4, -0.2) is 44.4 Å². The molecule has 0 aliphatic carbocycles. The first-order valence-electron chi connectivity index (χ1n) is 11.8. The molecule has 0 radical (unpaired) electrons. The number of hydrogen-bond donors (Lipinski definition) is 2. The number of carbonyl (C=O) groups is 2. The van der Waals surface area contributed by atoms with Crippen molar-refractivity contribution < 1.29 is 23.8 Å². The molecule has 2 N–H and O–H groups in total. The Morgan fingerprint density at radius 3 is 2.22 bits per heavy atom. The van der Waals surface area contributed by atoms with E-state index in [0.29, 0.717) is 30.2 Å². The van der Waals surface area contributed by atoms with Crippen LogP contribution < -0.4 is 24.8 Å². The van der Waals surface area contributed by atoms with Crippen LogP contribution in [-0.2, 0) is 22.4 Å². The van der Waals surface area contributed by atoms with E-state index >= 15 is 0 Å². The Morgan fingerprint density at radius 1 is 0.892 bits per heavy atom. The van der Waals surface area contributed by atoms with E-state index in [4.69, 9.17) is 14.2 Å². The topological polar surface area (TPSA) is 111 Å². The van der Waals surface area contributed by atoms with Gasteiger partial charge < -0.3 is 19.5 Å². The standard InChI is InChI=1S/C28H28N4O5/c1-35-21-10-7-19(8-11-21)9-16-26(33)31-28(30-25-17-20-5-3-4-6-24(20)29-25)32-27(34)18-37-23-14-12-22(36-2)13-15-23/h3-8,10-15H,9,16-18H2,1-2H3,(H2,29,30,31,32,33,34). The highest BCUT2D eigenvalue weighted by Crippen LogP contribution is 2.25. The van der Waals surface area contributed by atoms with Gasteiger partial charge in [-0.15, -0.1) is 0 Å². The van der Waals surface area contributed by atoms with Crippen molar-refractivity contribution in [1.29, 1.82) is 0 Å². The van der Waals surface area contributed by atoms with Crippen molar-refractivity contribution in [3.05, 3.63) is 83.9 Å². The third kappa shape index (κ3) is 7.41. The van der Waals surface area contributed by atoms with Crippen molar-refractivity contribution in [3.63, 3.8) is 0 Å². The molecule has 0 spiro atoms. The molecule has 0 bridgehead atoms. The van der Waals surface area contributed by atoms with E-state index < -0.39 is 5.91 Å². The lowest BCUT2D eigenvalue weighted by molar-refractivity contribution is -0.121. The molecule has 2 amide bonds. The molecule has 0 unspecified atom stereocenters. The molecule has 1 aliphatic rings. The number of para-hydroxylation sites is 1. The predicted molar refractivity (Wildman–Crippen MR) is 141 cm³/mol. The van der Waals surface area contributed by atoms with Gasteiger partial charge in [-0.1, -0.05) is 30.3 Å². The van der Waals surface area contributed by atoms with Crippen LogP contribution in [0.3, 0.4) is 0 Å². The number of carbonyl (C=O) groups excluding carboxylic acids is 2. The molecule has 3 aromatic rings. The zero-order valence-electron chi connectivity index (χ0n) is 20.7. The number of aliphatic imine (C=N–C) groups is 2. The molecule has 9 heteroatoms. The van der Waals surface area contributed by atoms with Gasteiger partial charge in [0.25, 0.3) is 5.91 Å². The highest BCUT2D eigenvalue weighted by atomic mass is 16.5. The van der Waals surface area contributed by atoms with Crippen LogP contribution in [0.2, 0.25) is 0 Å². The van der Waals surface area contributed by atoms with Crippen molar-refractivity contribution in [2.24, 2.45) is 9.98 Å². The summed E-state index contributed by atoms with van der Waals surface area (Å²) in [6, 6.07) is 22.1. The molecule has 0 aromatic heterocycles. The SMILES string of the molecule is COc1ccc(CCC(=O)/N=C(\NC(=O)COc2ccc(OC)cc2)NC2=Nc3ccccc3C2)cc1. The van der Waals surface area contributed by atoms with Crippen LogP contribution in [0.4, 0.5) is 5.69 Å². The number of fused-ring (bicyclic) bond motifs is 1. The molecule has 4 rings (SSSR count). The summed E-state index contributed by atoms with van der Waals surface area (Å²) in [5, 5.41) is 5.65. The first kappa shape index (κ1) is 25.4. The molecule has 1 aliphatic heterocycles. The highest BCUT2D eigenvalue weighted by Gasteiger charge is 2.17. The fraction of sp³-hybridized carbons (Fsp3) is 0.214. The summed E-state index contributed by atoms with van der Waals surface area (Å²) >= 11 is 0. The molecule has 0 saturated carbocycles. The molecule has 1 heterocycles. The smallest absolute Gasteiger partial charge is 0.264 e. The van der Waals surface area contributed by atoms with E-state index in [2.05, 4.69) is 20.6 Å². The molecule has 37 heavy (non-hydrogen) atoms. The molecular formula is C28H28N4O5. The number of amides is 2. The lowest BCUT2D eigenvalue weighted by Crippen LogP contribution is -2.46. The Labute approximate surface area is 215 Å². The third-order valence-electron chi connectivity index (χ3n) is 5.58. The number of rotatable bonds is 8. The van der Waals surface area contributed by atoms with Crippen molar-refractivity contribution in [2.45, 2.75) is 19.3 Å². The van der Waals surface area contributed by atoms with Crippen LogP contribution >= 0.6 is 0 Å². The Hall–Kier alpha value is -4.66. The number of benzene rings is 3. The van der Waals surface area contributed by atoms with E-state index in [-0.39, 0.29) is 24.9 Å². The number of methoxy groups -OCH3 is 2. The van der Waals surface area contributed by atoms with Gasteiger partial charge in [0.2, 0.25) is 11.9 Å². The Bertz CT molecular complexity index is 1300. The van der Waals surface area contributed by atoms with Gasteiger partial charge in [0, 0.05) is 12.8 Å². The Morgan fingerprint density at radius 2 is 1.54 bits per heavy atom. The lowest BCUT2D eigenvalue weighted by Gasteiger charge is -2.12. The number of guanidine groups is 1. The minimum atomic E-state index is -0.471. The van der Waals surface area contributed by atoms with Crippen LogP contribution in [0.1, 0.15) is 17.5 Å². The normalized spacial score (nSPS) is 12.3. The first-order valence-corrected chi connectivity index (χ1v) is 11.8. The maximum absolute atomic E-state index is 12.7. The maximum atomic E-state index is 12.7. The van der Waals surface area contributed by atoms with Crippen molar-refractivity contribution in [3.8, 4) is 17.2 Å². The van der Waals surface area contributed by atoms with Crippen molar-refractivity contribution in [1.82, 2.24) is 10.6 Å². The van der Waals surface area contributed by atoms with E-state index in [1.165, 1.54) is 0 Å². The fourth-order valence-electron chi connectivity index (χ4n) is 3.64. The fourth-order valence-corrected chi connectivity index (χ4v) is 3.64. The van der Waals surface area contributed by atoms with Gasteiger partial charge in [0.15, 0.2) is 6.61 Å². The van der Waals surface area contributed by atoms with Crippen LogP contribution in [0.5, 0.6) is 17.2 Å². The predicted octanol–water partition coefficient (Wildman–Crippen LogP) is 3.59. The van der Waals surface area contributed by atoms with Gasteiger partial charge >= 0.3 is 0 Å². The zero-order chi connectivity index (χ0) is 26.0. The second kappa shape index (κ2) is 12.3.